The molecule has 5 nitrogen and oxygen atoms in total. The molecule has 0 bridgehead atoms. The molecular formula is C16H12F4O5S. The maximum absolute atomic E-state index is 13.7. The zero-order valence-electron chi connectivity index (χ0n) is 13.0. The fraction of sp³-hybridized carbons (Fsp3) is 0.125. The molecule has 0 aliphatic heterocycles. The Hall–Kier alpha value is -2.59. The second kappa shape index (κ2) is 7.75. The number of rotatable bonds is 7. The van der Waals surface area contributed by atoms with Gasteiger partial charge in [0.2, 0.25) is 11.6 Å². The van der Waals surface area contributed by atoms with Crippen molar-refractivity contribution in [3.05, 3.63) is 59.7 Å². The standard InChI is InChI=1S/C16H12F4O5S/c1-2-9-3-5-10(6-4-9)24-7-8-25-15-11(17)13(19)16(26(21,22)23)14(20)12(15)18/h2-6H,1,7-8H2,(H,21,22,23). The van der Waals surface area contributed by atoms with Crippen LogP contribution >= 0.6 is 0 Å². The van der Waals surface area contributed by atoms with Crippen LogP contribution in [-0.2, 0) is 10.1 Å². The van der Waals surface area contributed by atoms with Crippen LogP contribution in [0.25, 0.3) is 6.08 Å². The molecule has 0 aliphatic rings. The predicted octanol–water partition coefficient (Wildman–Crippen LogP) is 3.59. The van der Waals surface area contributed by atoms with Gasteiger partial charge in [-0.25, -0.2) is 8.78 Å². The van der Waals surface area contributed by atoms with E-state index in [1.807, 2.05) is 0 Å². The van der Waals surface area contributed by atoms with Crippen molar-refractivity contribution >= 4 is 16.2 Å². The van der Waals surface area contributed by atoms with Crippen LogP contribution in [0.1, 0.15) is 5.56 Å². The normalized spacial score (nSPS) is 11.3. The average Bonchev–Trinajstić information content (AvgIpc) is 2.59. The van der Waals surface area contributed by atoms with Crippen molar-refractivity contribution in [2.24, 2.45) is 0 Å². The summed E-state index contributed by atoms with van der Waals surface area (Å²) in [5, 5.41) is 0. The van der Waals surface area contributed by atoms with E-state index < -0.39 is 50.6 Å². The molecule has 0 fully saturated rings. The summed E-state index contributed by atoms with van der Waals surface area (Å²) < 4.78 is 94.8. The monoisotopic (exact) mass is 392 g/mol. The van der Waals surface area contributed by atoms with Crippen LogP contribution in [0.15, 0.2) is 35.7 Å². The molecule has 2 aromatic carbocycles. The van der Waals surface area contributed by atoms with Crippen LogP contribution in [0.4, 0.5) is 17.6 Å². The molecule has 0 saturated heterocycles. The zero-order valence-corrected chi connectivity index (χ0v) is 13.8. The number of halogens is 4. The molecule has 0 saturated carbocycles. The Kier molecular flexibility index (Phi) is 5.88. The fourth-order valence-corrected chi connectivity index (χ4v) is 2.58. The topological polar surface area (TPSA) is 72.8 Å². The lowest BCUT2D eigenvalue weighted by atomic mass is 10.2. The SMILES string of the molecule is C=Cc1ccc(OCCOc2c(F)c(F)c(S(=O)(=O)O)c(F)c2F)cc1. The average molecular weight is 392 g/mol. The van der Waals surface area contributed by atoms with E-state index in [4.69, 9.17) is 9.29 Å². The third-order valence-electron chi connectivity index (χ3n) is 3.16. The molecular weight excluding hydrogens is 380 g/mol. The number of hydrogen-bond acceptors (Lipinski definition) is 4. The lowest BCUT2D eigenvalue weighted by molar-refractivity contribution is 0.199. The van der Waals surface area contributed by atoms with Crippen LogP contribution in [0.3, 0.4) is 0 Å². The van der Waals surface area contributed by atoms with Crippen molar-refractivity contribution in [1.82, 2.24) is 0 Å². The van der Waals surface area contributed by atoms with Gasteiger partial charge in [-0.05, 0) is 17.7 Å². The molecule has 0 amide bonds. The number of ether oxygens (including phenoxy) is 2. The van der Waals surface area contributed by atoms with Crippen LogP contribution < -0.4 is 9.47 Å². The maximum Gasteiger partial charge on any atom is 0.300 e. The first-order valence-electron chi connectivity index (χ1n) is 6.98. The van der Waals surface area contributed by atoms with Gasteiger partial charge in [0, 0.05) is 0 Å². The minimum absolute atomic E-state index is 0.227. The molecule has 0 aliphatic carbocycles. The van der Waals surface area contributed by atoms with E-state index in [0.717, 1.165) is 5.56 Å². The molecule has 10 heteroatoms. The highest BCUT2D eigenvalue weighted by Gasteiger charge is 2.33. The molecule has 0 unspecified atom stereocenters. The molecule has 2 aromatic rings. The van der Waals surface area contributed by atoms with E-state index in [9.17, 15) is 26.0 Å². The summed E-state index contributed by atoms with van der Waals surface area (Å²) in [6.45, 7) is 2.85. The van der Waals surface area contributed by atoms with Gasteiger partial charge in [-0.2, -0.15) is 17.2 Å². The van der Waals surface area contributed by atoms with Gasteiger partial charge in [0.05, 0.1) is 0 Å². The minimum atomic E-state index is -5.51. The third-order valence-corrected chi connectivity index (χ3v) is 4.03. The van der Waals surface area contributed by atoms with Crippen molar-refractivity contribution < 1.29 is 40.0 Å². The van der Waals surface area contributed by atoms with E-state index in [1.165, 1.54) is 0 Å². The molecule has 0 spiro atoms. The Morgan fingerprint density at radius 1 is 0.923 bits per heavy atom. The Morgan fingerprint density at radius 3 is 1.88 bits per heavy atom. The zero-order chi connectivity index (χ0) is 19.5. The highest BCUT2D eigenvalue weighted by molar-refractivity contribution is 7.85. The van der Waals surface area contributed by atoms with Gasteiger partial charge in [0.25, 0.3) is 0 Å². The maximum atomic E-state index is 13.7. The first-order chi connectivity index (χ1) is 12.2. The van der Waals surface area contributed by atoms with Gasteiger partial charge >= 0.3 is 10.1 Å². The van der Waals surface area contributed by atoms with Gasteiger partial charge in [0.1, 0.15) is 19.0 Å². The molecule has 2 rings (SSSR count). The second-order valence-corrected chi connectivity index (χ2v) is 6.22. The van der Waals surface area contributed by atoms with E-state index in [2.05, 4.69) is 11.3 Å². The van der Waals surface area contributed by atoms with Crippen molar-refractivity contribution in [1.29, 1.82) is 0 Å². The van der Waals surface area contributed by atoms with E-state index >= 15 is 0 Å². The molecule has 26 heavy (non-hydrogen) atoms. The van der Waals surface area contributed by atoms with Crippen molar-refractivity contribution in [3.63, 3.8) is 0 Å². The first kappa shape index (κ1) is 19.7. The Morgan fingerprint density at radius 2 is 1.42 bits per heavy atom. The highest BCUT2D eigenvalue weighted by atomic mass is 32.2. The minimum Gasteiger partial charge on any atom is -0.490 e. The van der Waals surface area contributed by atoms with E-state index in [0.29, 0.717) is 5.75 Å². The largest absolute Gasteiger partial charge is 0.490 e. The van der Waals surface area contributed by atoms with Crippen molar-refractivity contribution in [3.8, 4) is 11.5 Å². The van der Waals surface area contributed by atoms with Crippen LogP contribution in [0.2, 0.25) is 0 Å². The molecule has 0 radical (unpaired) electrons. The molecule has 140 valence electrons. The van der Waals surface area contributed by atoms with Gasteiger partial charge in [-0.1, -0.05) is 24.8 Å². The van der Waals surface area contributed by atoms with Crippen molar-refractivity contribution in [2.45, 2.75) is 4.90 Å². The first-order valence-corrected chi connectivity index (χ1v) is 8.42. The Bertz CT molecular complexity index is 898. The fourth-order valence-electron chi connectivity index (χ4n) is 1.95. The molecule has 1 N–H and O–H groups in total. The Balaban J connectivity index is 2.11. The summed E-state index contributed by atoms with van der Waals surface area (Å²) in [5.41, 5.74) is 0.836. The molecule has 0 aromatic heterocycles. The molecule has 0 heterocycles. The lowest BCUT2D eigenvalue weighted by Gasteiger charge is -2.12. The number of benzene rings is 2. The number of hydrogen-bond donors (Lipinski definition) is 1. The third kappa shape index (κ3) is 4.14. The highest BCUT2D eigenvalue weighted by Crippen LogP contribution is 2.32. The van der Waals surface area contributed by atoms with E-state index in [-0.39, 0.29) is 6.61 Å². The second-order valence-electron chi connectivity index (χ2n) is 4.86. The summed E-state index contributed by atoms with van der Waals surface area (Å²) in [4.78, 5) is -2.13. The van der Waals surface area contributed by atoms with Gasteiger partial charge in [0.15, 0.2) is 22.3 Å². The van der Waals surface area contributed by atoms with Gasteiger partial charge in [-0.15, -0.1) is 0 Å². The van der Waals surface area contributed by atoms with Crippen LogP contribution in [0.5, 0.6) is 11.5 Å². The van der Waals surface area contributed by atoms with Crippen molar-refractivity contribution in [2.75, 3.05) is 13.2 Å². The summed E-state index contributed by atoms with van der Waals surface area (Å²) in [7, 11) is -5.51. The summed E-state index contributed by atoms with van der Waals surface area (Å²) in [5.74, 6) is -9.82. The van der Waals surface area contributed by atoms with E-state index in [1.54, 1.807) is 30.3 Å². The Labute approximate surface area is 146 Å². The summed E-state index contributed by atoms with van der Waals surface area (Å²) >= 11 is 0. The predicted molar refractivity (Wildman–Crippen MR) is 83.6 cm³/mol. The quantitative estimate of drug-likeness (QED) is 0.337. The molecule has 0 atom stereocenters. The van der Waals surface area contributed by atoms with Crippen LogP contribution in [-0.4, -0.2) is 26.2 Å². The smallest absolute Gasteiger partial charge is 0.300 e. The van der Waals surface area contributed by atoms with Gasteiger partial charge in [-0.3, -0.25) is 4.55 Å². The van der Waals surface area contributed by atoms with Gasteiger partial charge < -0.3 is 9.47 Å². The summed E-state index contributed by atoms with van der Waals surface area (Å²) in [6.07, 6.45) is 1.61. The lowest BCUT2D eigenvalue weighted by Crippen LogP contribution is -2.15. The summed E-state index contributed by atoms with van der Waals surface area (Å²) in [6, 6.07) is 6.58. The van der Waals surface area contributed by atoms with Crippen LogP contribution in [0, 0.1) is 23.3 Å².